The van der Waals surface area contributed by atoms with E-state index in [9.17, 15) is 0 Å². The highest BCUT2D eigenvalue weighted by atomic mass is 32.1. The molecule has 0 N–H and O–H groups in total. The van der Waals surface area contributed by atoms with Gasteiger partial charge in [0.15, 0.2) is 0 Å². The Morgan fingerprint density at radius 3 is 1.06 bits per heavy atom. The Labute approximate surface area is 391 Å². The molecule has 4 aromatic rings. The molecule has 2 aliphatic heterocycles. The van der Waals surface area contributed by atoms with Gasteiger partial charge in [-0.3, -0.25) is 9.59 Å². The third kappa shape index (κ3) is 13.2. The molecule has 2 unspecified atom stereocenters. The summed E-state index contributed by atoms with van der Waals surface area (Å²) in [6, 6.07) is 17.4. The van der Waals surface area contributed by atoms with Crippen molar-refractivity contribution in [2.45, 2.75) is 182 Å². The molecule has 2 aliphatic rings. The van der Waals surface area contributed by atoms with Crippen LogP contribution in [0.3, 0.4) is 0 Å². The molecule has 6 rings (SSSR count). The molecule has 338 valence electrons. The van der Waals surface area contributed by atoms with Gasteiger partial charge in [0.1, 0.15) is 0 Å². The normalized spacial score (nSPS) is 15.2. The lowest BCUT2D eigenvalue weighted by atomic mass is 9.93. The van der Waals surface area contributed by atoms with Crippen molar-refractivity contribution >= 4 is 68.6 Å². The molecule has 2 amide bonds. The minimum absolute atomic E-state index is 0.0370. The van der Waals surface area contributed by atoms with Crippen molar-refractivity contribution in [2.24, 2.45) is 11.8 Å². The van der Waals surface area contributed by atoms with E-state index in [-0.39, 0.29) is 11.8 Å². The molecule has 2 atom stereocenters. The Morgan fingerprint density at radius 1 is 0.403 bits per heavy atom. The summed E-state index contributed by atoms with van der Waals surface area (Å²) >= 11 is 6.99. The summed E-state index contributed by atoms with van der Waals surface area (Å²) in [6.07, 6.45) is 29.7. The lowest BCUT2D eigenvalue weighted by molar-refractivity contribution is -0.124. The van der Waals surface area contributed by atoms with Gasteiger partial charge in [-0.15, -0.1) is 45.3 Å². The second kappa shape index (κ2) is 26.2. The van der Waals surface area contributed by atoms with Gasteiger partial charge in [-0.25, -0.2) is 0 Å². The summed E-state index contributed by atoms with van der Waals surface area (Å²) in [5.74, 6) is 0.880. The standard InChI is InChI=1S/C54H76N2O2S4/c1-5-9-13-17-19-23-29-41(27-21-15-11-7-3)39-55-51(47-35-33-45(61-47)43-31-25-37-59-43)49-50(53(55)57)52(48-36-34-46(62-48)44-32-26-38-60-44)56(54(49)58)40-42(28-22-16-12-8-4)30-24-20-18-14-10-6-2/h25-26,31-38,41-42H,5-24,27-30,39-40H2,1-4H3. The molecule has 8 heteroatoms. The quantitative estimate of drug-likeness (QED) is 0.0458. The van der Waals surface area contributed by atoms with E-state index in [1.807, 2.05) is 0 Å². The number of fused-ring (bicyclic) bond motifs is 1. The minimum atomic E-state index is 0.0370. The number of hydrogen-bond acceptors (Lipinski definition) is 6. The first kappa shape index (κ1) is 48.7. The number of unbranched alkanes of at least 4 members (excludes halogenated alkanes) is 16. The van der Waals surface area contributed by atoms with Crippen LogP contribution in [0.2, 0.25) is 0 Å². The predicted octanol–water partition coefficient (Wildman–Crippen LogP) is 17.7. The fourth-order valence-corrected chi connectivity index (χ4v) is 13.4. The van der Waals surface area contributed by atoms with Crippen LogP contribution in [-0.4, -0.2) is 34.7 Å². The minimum Gasteiger partial charge on any atom is -0.306 e. The predicted molar refractivity (Wildman–Crippen MR) is 273 cm³/mol. The van der Waals surface area contributed by atoms with Crippen LogP contribution in [0.5, 0.6) is 0 Å². The van der Waals surface area contributed by atoms with Crippen LogP contribution in [0.1, 0.15) is 192 Å². The van der Waals surface area contributed by atoms with Crippen molar-refractivity contribution in [1.82, 2.24) is 9.80 Å². The Bertz CT molecular complexity index is 1840. The van der Waals surface area contributed by atoms with Gasteiger partial charge in [0.05, 0.1) is 32.3 Å². The molecule has 62 heavy (non-hydrogen) atoms. The molecule has 4 aromatic heterocycles. The number of carbonyl (C=O) groups excluding carboxylic acids is 2. The van der Waals surface area contributed by atoms with Crippen LogP contribution < -0.4 is 0 Å². The molecule has 6 heterocycles. The van der Waals surface area contributed by atoms with Crippen molar-refractivity contribution in [3.8, 4) is 19.5 Å². The molecule has 0 spiro atoms. The average molecular weight is 913 g/mol. The van der Waals surface area contributed by atoms with E-state index in [2.05, 4.69) is 96.8 Å². The summed E-state index contributed by atoms with van der Waals surface area (Å²) in [5.41, 5.74) is 3.05. The SMILES string of the molecule is CCCCCCCCC(CCCCCC)CN1C(=O)C2=C(c3ccc(-c4cccs4)s3)N(CC(CCCCCC)CCCCCCCC)C(=O)C2=C1c1ccc(-c2cccs2)s1. The zero-order chi connectivity index (χ0) is 43.5. The lowest BCUT2D eigenvalue weighted by Crippen LogP contribution is -2.34. The smallest absolute Gasteiger partial charge is 0.261 e. The summed E-state index contributed by atoms with van der Waals surface area (Å²) < 4.78 is 0. The maximum absolute atomic E-state index is 15.6. The van der Waals surface area contributed by atoms with E-state index in [0.717, 1.165) is 46.8 Å². The van der Waals surface area contributed by atoms with E-state index in [0.29, 0.717) is 36.1 Å². The molecular weight excluding hydrogens is 837 g/mol. The van der Waals surface area contributed by atoms with Gasteiger partial charge >= 0.3 is 0 Å². The molecular formula is C54H76N2O2S4. The third-order valence-electron chi connectivity index (χ3n) is 13.1. The van der Waals surface area contributed by atoms with E-state index in [1.54, 1.807) is 45.3 Å². The summed E-state index contributed by atoms with van der Waals surface area (Å²) in [7, 11) is 0. The summed E-state index contributed by atoms with van der Waals surface area (Å²) in [5, 5.41) is 4.27. The van der Waals surface area contributed by atoms with Crippen LogP contribution in [0.25, 0.3) is 30.9 Å². The number of rotatable bonds is 32. The number of hydrogen-bond donors (Lipinski definition) is 0. The molecule has 4 nitrogen and oxygen atoms in total. The molecule has 0 aromatic carbocycles. The first-order valence-corrected chi connectivity index (χ1v) is 28.3. The largest absolute Gasteiger partial charge is 0.306 e. The molecule has 0 radical (unpaired) electrons. The molecule has 0 fully saturated rings. The first-order valence-electron chi connectivity index (χ1n) is 24.9. The molecule has 0 bridgehead atoms. The van der Waals surface area contributed by atoms with E-state index < -0.39 is 0 Å². The van der Waals surface area contributed by atoms with Crippen LogP contribution in [0.4, 0.5) is 0 Å². The number of thiophene rings is 4. The maximum atomic E-state index is 15.6. The number of nitrogens with zero attached hydrogens (tertiary/aromatic N) is 2. The zero-order valence-electron chi connectivity index (χ0n) is 38.7. The Kier molecular flexibility index (Phi) is 20.6. The average Bonchev–Trinajstić information content (AvgIpc) is 4.15. The highest BCUT2D eigenvalue weighted by Gasteiger charge is 2.50. The van der Waals surface area contributed by atoms with Gasteiger partial charge in [-0.05, 0) is 84.7 Å². The maximum Gasteiger partial charge on any atom is 0.261 e. The van der Waals surface area contributed by atoms with Gasteiger partial charge in [0.25, 0.3) is 11.8 Å². The molecule has 0 aliphatic carbocycles. The van der Waals surface area contributed by atoms with Gasteiger partial charge < -0.3 is 9.80 Å². The lowest BCUT2D eigenvalue weighted by Gasteiger charge is -2.29. The van der Waals surface area contributed by atoms with Crippen molar-refractivity contribution in [3.63, 3.8) is 0 Å². The van der Waals surface area contributed by atoms with E-state index in [1.165, 1.54) is 148 Å². The van der Waals surface area contributed by atoms with E-state index in [4.69, 9.17) is 0 Å². The molecule has 0 saturated heterocycles. The van der Waals surface area contributed by atoms with E-state index >= 15 is 9.59 Å². The molecule has 0 saturated carbocycles. The zero-order valence-corrected chi connectivity index (χ0v) is 41.9. The van der Waals surface area contributed by atoms with Crippen LogP contribution in [0, 0.1) is 11.8 Å². The second-order valence-electron chi connectivity index (χ2n) is 18.1. The fourth-order valence-electron chi connectivity index (χ4n) is 9.61. The van der Waals surface area contributed by atoms with Crippen molar-refractivity contribution < 1.29 is 9.59 Å². The van der Waals surface area contributed by atoms with Gasteiger partial charge in [0, 0.05) is 32.6 Å². The van der Waals surface area contributed by atoms with Crippen LogP contribution in [0.15, 0.2) is 70.4 Å². The number of amides is 2. The first-order chi connectivity index (χ1) is 30.5. The third-order valence-corrected chi connectivity index (χ3v) is 17.4. The summed E-state index contributed by atoms with van der Waals surface area (Å²) in [6.45, 7) is 10.5. The van der Waals surface area contributed by atoms with Crippen molar-refractivity contribution in [3.05, 3.63) is 80.2 Å². The van der Waals surface area contributed by atoms with Crippen LogP contribution >= 0.6 is 45.3 Å². The topological polar surface area (TPSA) is 40.6 Å². The van der Waals surface area contributed by atoms with Crippen LogP contribution in [-0.2, 0) is 9.59 Å². The van der Waals surface area contributed by atoms with Gasteiger partial charge in [-0.2, -0.15) is 0 Å². The number of carbonyl (C=O) groups is 2. The van der Waals surface area contributed by atoms with Gasteiger partial charge in [0.2, 0.25) is 0 Å². The Hall–Kier alpha value is -2.78. The van der Waals surface area contributed by atoms with Gasteiger partial charge in [-0.1, -0.05) is 168 Å². The Balaban J connectivity index is 1.40. The summed E-state index contributed by atoms with van der Waals surface area (Å²) in [4.78, 5) is 42.3. The highest BCUT2D eigenvalue weighted by Crippen LogP contribution is 2.51. The van der Waals surface area contributed by atoms with Crippen molar-refractivity contribution in [1.29, 1.82) is 0 Å². The highest BCUT2D eigenvalue weighted by molar-refractivity contribution is 7.22. The monoisotopic (exact) mass is 912 g/mol. The Morgan fingerprint density at radius 2 is 0.726 bits per heavy atom. The fraction of sp³-hybridized carbons (Fsp3) is 0.593. The second-order valence-corrected chi connectivity index (χ2v) is 22.2. The van der Waals surface area contributed by atoms with Crippen molar-refractivity contribution in [2.75, 3.05) is 13.1 Å².